The van der Waals surface area contributed by atoms with Crippen LogP contribution >= 0.6 is 0 Å². The van der Waals surface area contributed by atoms with Gasteiger partial charge in [0.25, 0.3) is 5.91 Å². The van der Waals surface area contributed by atoms with E-state index < -0.39 is 6.04 Å². The fourth-order valence-electron chi connectivity index (χ4n) is 3.09. The molecule has 1 fully saturated rings. The molecule has 0 aliphatic carbocycles. The van der Waals surface area contributed by atoms with Crippen molar-refractivity contribution < 1.29 is 14.4 Å². The lowest BCUT2D eigenvalue weighted by atomic mass is 10.1. The van der Waals surface area contributed by atoms with E-state index in [4.69, 9.17) is 4.84 Å². The molecule has 26 heavy (non-hydrogen) atoms. The summed E-state index contributed by atoms with van der Waals surface area (Å²) in [7, 11) is 1.47. The van der Waals surface area contributed by atoms with Crippen molar-refractivity contribution in [2.45, 2.75) is 26.3 Å². The average molecular weight is 360 g/mol. The number of oxime groups is 1. The van der Waals surface area contributed by atoms with Crippen molar-refractivity contribution in [2.24, 2.45) is 5.16 Å². The predicted octanol–water partition coefficient (Wildman–Crippen LogP) is 1.36. The van der Waals surface area contributed by atoms with Crippen molar-refractivity contribution in [1.29, 1.82) is 0 Å². The van der Waals surface area contributed by atoms with E-state index in [-0.39, 0.29) is 11.8 Å². The highest BCUT2D eigenvalue weighted by Gasteiger charge is 2.38. The molecule has 1 aromatic rings. The van der Waals surface area contributed by atoms with Crippen LogP contribution in [0.15, 0.2) is 35.5 Å². The van der Waals surface area contributed by atoms with Gasteiger partial charge in [-0.1, -0.05) is 37.2 Å². The fourth-order valence-corrected chi connectivity index (χ4v) is 3.09. The topological polar surface area (TPSA) is 74.2 Å². The Morgan fingerprint density at radius 3 is 2.58 bits per heavy atom. The molecule has 0 unspecified atom stereocenters. The molecule has 0 radical (unpaired) electrons. The average Bonchev–Trinajstić information content (AvgIpc) is 3.09. The van der Waals surface area contributed by atoms with E-state index in [9.17, 15) is 9.59 Å². The second-order valence-corrected chi connectivity index (χ2v) is 6.18. The zero-order chi connectivity index (χ0) is 18.9. The van der Waals surface area contributed by atoms with Crippen LogP contribution in [0.2, 0.25) is 0 Å². The highest BCUT2D eigenvalue weighted by molar-refractivity contribution is 6.05. The van der Waals surface area contributed by atoms with E-state index in [1.807, 2.05) is 18.2 Å². The first-order valence-corrected chi connectivity index (χ1v) is 9.05. The van der Waals surface area contributed by atoms with Crippen LogP contribution in [0.1, 0.15) is 30.6 Å². The molecular weight excluding hydrogens is 332 g/mol. The largest absolute Gasteiger partial charge is 0.399 e. The Morgan fingerprint density at radius 1 is 1.27 bits per heavy atom. The van der Waals surface area contributed by atoms with Crippen LogP contribution in [0, 0.1) is 0 Å². The van der Waals surface area contributed by atoms with Crippen molar-refractivity contribution in [3.05, 3.63) is 35.9 Å². The van der Waals surface area contributed by atoms with Gasteiger partial charge in [0.05, 0.1) is 12.3 Å². The smallest absolute Gasteiger partial charge is 0.254 e. The molecule has 0 bridgehead atoms. The molecule has 1 saturated heterocycles. The molecule has 7 nitrogen and oxygen atoms in total. The Kier molecular flexibility index (Phi) is 7.59. The number of nitrogens with zero attached hydrogens (tertiary/aromatic N) is 3. The van der Waals surface area contributed by atoms with Crippen LogP contribution in [-0.4, -0.2) is 73.2 Å². The summed E-state index contributed by atoms with van der Waals surface area (Å²) in [6, 6.07) is 8.43. The number of carbonyl (C=O) groups is 2. The molecule has 2 amide bonds. The third-order valence-electron chi connectivity index (χ3n) is 4.58. The molecule has 1 N–H and O–H groups in total. The maximum absolute atomic E-state index is 12.8. The first-order valence-electron chi connectivity index (χ1n) is 9.05. The Bertz CT molecular complexity index is 629. The molecule has 1 aromatic carbocycles. The van der Waals surface area contributed by atoms with E-state index in [2.05, 4.69) is 29.2 Å². The summed E-state index contributed by atoms with van der Waals surface area (Å²) < 4.78 is 0. The van der Waals surface area contributed by atoms with Gasteiger partial charge in [0.2, 0.25) is 5.91 Å². The number of hydrogen-bond acceptors (Lipinski definition) is 5. The Hall–Kier alpha value is -2.41. The number of likely N-dealkylation sites (tertiary alicyclic amines) is 1. The Labute approximate surface area is 155 Å². The van der Waals surface area contributed by atoms with Crippen molar-refractivity contribution in [3.8, 4) is 0 Å². The van der Waals surface area contributed by atoms with Gasteiger partial charge < -0.3 is 20.0 Å². The standard InChI is InChI=1S/C19H28N4O3/c1-4-22(5-2)12-11-20-18(24)17-13-16(21-26-3)14-23(17)19(25)15-9-7-6-8-10-15/h6-10,17H,4-5,11-14H2,1-3H3,(H,20,24)/b21-16+/t17-/m0/s1. The fraction of sp³-hybridized carbons (Fsp3) is 0.526. The number of amides is 2. The SMILES string of the molecule is CCN(CC)CCNC(=O)[C@@H]1C/C(=N\OC)CN1C(=O)c1ccccc1. The molecular formula is C19H28N4O3. The molecule has 1 aliphatic heterocycles. The number of likely N-dealkylation sites (N-methyl/N-ethyl adjacent to an activating group) is 1. The summed E-state index contributed by atoms with van der Waals surface area (Å²) >= 11 is 0. The first-order chi connectivity index (χ1) is 12.6. The van der Waals surface area contributed by atoms with E-state index in [0.717, 1.165) is 19.6 Å². The van der Waals surface area contributed by atoms with Crippen LogP contribution in [0.5, 0.6) is 0 Å². The van der Waals surface area contributed by atoms with Crippen LogP contribution in [0.25, 0.3) is 0 Å². The van der Waals surface area contributed by atoms with Crippen LogP contribution < -0.4 is 5.32 Å². The number of nitrogens with one attached hydrogen (secondary N) is 1. The number of carbonyl (C=O) groups excluding carboxylic acids is 2. The third kappa shape index (κ3) is 5.05. The molecule has 0 saturated carbocycles. The third-order valence-corrected chi connectivity index (χ3v) is 4.58. The Balaban J connectivity index is 2.06. The van der Waals surface area contributed by atoms with E-state index in [1.165, 1.54) is 7.11 Å². The number of hydrogen-bond donors (Lipinski definition) is 1. The molecule has 2 rings (SSSR count). The van der Waals surface area contributed by atoms with E-state index in [1.54, 1.807) is 17.0 Å². The maximum Gasteiger partial charge on any atom is 0.254 e. The minimum Gasteiger partial charge on any atom is -0.399 e. The molecule has 0 aromatic heterocycles. The molecule has 1 atom stereocenters. The minimum absolute atomic E-state index is 0.150. The first kappa shape index (κ1) is 19.9. The Morgan fingerprint density at radius 2 is 1.96 bits per heavy atom. The quantitative estimate of drug-likeness (QED) is 0.711. The van der Waals surface area contributed by atoms with Gasteiger partial charge in [-0.25, -0.2) is 0 Å². The number of benzene rings is 1. The monoisotopic (exact) mass is 360 g/mol. The summed E-state index contributed by atoms with van der Waals surface area (Å²) in [4.78, 5) is 34.2. The van der Waals surface area contributed by atoms with Crippen molar-refractivity contribution in [1.82, 2.24) is 15.1 Å². The van der Waals surface area contributed by atoms with Gasteiger partial charge in [0.1, 0.15) is 13.2 Å². The van der Waals surface area contributed by atoms with Gasteiger partial charge in [0, 0.05) is 25.1 Å². The lowest BCUT2D eigenvalue weighted by Crippen LogP contribution is -2.47. The van der Waals surface area contributed by atoms with E-state index in [0.29, 0.717) is 30.8 Å². The van der Waals surface area contributed by atoms with Gasteiger partial charge >= 0.3 is 0 Å². The molecule has 1 heterocycles. The lowest BCUT2D eigenvalue weighted by Gasteiger charge is -2.24. The zero-order valence-electron chi connectivity index (χ0n) is 15.8. The second-order valence-electron chi connectivity index (χ2n) is 6.18. The lowest BCUT2D eigenvalue weighted by molar-refractivity contribution is -0.124. The number of rotatable bonds is 8. The summed E-state index contributed by atoms with van der Waals surface area (Å²) in [5.41, 5.74) is 1.26. The normalized spacial score (nSPS) is 18.4. The van der Waals surface area contributed by atoms with Crippen LogP contribution in [0.3, 0.4) is 0 Å². The summed E-state index contributed by atoms with van der Waals surface area (Å²) in [6.07, 6.45) is 0.392. The maximum atomic E-state index is 12.8. The highest BCUT2D eigenvalue weighted by Crippen LogP contribution is 2.19. The van der Waals surface area contributed by atoms with Gasteiger partial charge in [0.15, 0.2) is 0 Å². The highest BCUT2D eigenvalue weighted by atomic mass is 16.6. The van der Waals surface area contributed by atoms with Gasteiger partial charge in [-0.15, -0.1) is 0 Å². The molecule has 0 spiro atoms. The molecule has 7 heteroatoms. The minimum atomic E-state index is -0.562. The van der Waals surface area contributed by atoms with Crippen LogP contribution in [0.4, 0.5) is 0 Å². The second kappa shape index (κ2) is 9.91. The van der Waals surface area contributed by atoms with Crippen molar-refractivity contribution in [3.63, 3.8) is 0 Å². The van der Waals surface area contributed by atoms with Gasteiger partial charge in [-0.2, -0.15) is 0 Å². The van der Waals surface area contributed by atoms with E-state index >= 15 is 0 Å². The summed E-state index contributed by atoms with van der Waals surface area (Å²) in [6.45, 7) is 7.72. The van der Waals surface area contributed by atoms with Crippen LogP contribution in [-0.2, 0) is 9.63 Å². The molecule has 142 valence electrons. The summed E-state index contributed by atoms with van der Waals surface area (Å²) in [5.74, 6) is -0.321. The van der Waals surface area contributed by atoms with Crippen molar-refractivity contribution in [2.75, 3.05) is 39.8 Å². The predicted molar refractivity (Wildman–Crippen MR) is 101 cm³/mol. The molecule has 1 aliphatic rings. The zero-order valence-corrected chi connectivity index (χ0v) is 15.8. The summed E-state index contributed by atoms with van der Waals surface area (Å²) in [5, 5.41) is 6.90. The van der Waals surface area contributed by atoms with Crippen molar-refractivity contribution >= 4 is 17.5 Å². The van der Waals surface area contributed by atoms with Gasteiger partial charge in [-0.05, 0) is 25.2 Å². The van der Waals surface area contributed by atoms with Gasteiger partial charge in [-0.3, -0.25) is 9.59 Å².